The van der Waals surface area contributed by atoms with Crippen LogP contribution < -0.4 is 0 Å². The number of unbranched alkanes of at least 4 members (excludes halogenated alkanes) is 10. The van der Waals surface area contributed by atoms with Crippen molar-refractivity contribution in [2.24, 2.45) is 0 Å². The fourth-order valence-electron chi connectivity index (χ4n) is 2.32. The number of rotatable bonds is 15. The van der Waals surface area contributed by atoms with Gasteiger partial charge < -0.3 is 0 Å². The molecule has 0 rings (SSSR count). The Morgan fingerprint density at radius 2 is 1.00 bits per heavy atom. The lowest BCUT2D eigenvalue weighted by atomic mass is 10.1. The van der Waals surface area contributed by atoms with Gasteiger partial charge in [-0.05, 0) is 12.8 Å². The normalized spacial score (nSPS) is 12.4. The molecule has 0 unspecified atom stereocenters. The van der Waals surface area contributed by atoms with Crippen molar-refractivity contribution >= 4 is 0 Å². The van der Waals surface area contributed by atoms with Gasteiger partial charge in [-0.2, -0.15) is 0 Å². The van der Waals surface area contributed by atoms with Crippen molar-refractivity contribution in [1.82, 2.24) is 0 Å². The maximum atomic E-state index is 3.62. The Morgan fingerprint density at radius 3 is 1.55 bits per heavy atom. The van der Waals surface area contributed by atoms with Crippen molar-refractivity contribution in [3.8, 4) is 0 Å². The molecule has 0 aromatic rings. The molecule has 0 heteroatoms. The van der Waals surface area contributed by atoms with Crippen LogP contribution in [-0.2, 0) is 0 Å². The number of hydrogen-bond acceptors (Lipinski definition) is 0. The highest BCUT2D eigenvalue weighted by atomic mass is 14.0. The smallest absolute Gasteiger partial charge is 0.0348 e. The third-order valence-electron chi connectivity index (χ3n) is 3.66. The Hall–Kier alpha value is -1.30. The summed E-state index contributed by atoms with van der Waals surface area (Å²) in [5, 5.41) is 0. The molecular weight excluding hydrogens is 264 g/mol. The van der Waals surface area contributed by atoms with Crippen LogP contribution in [0.25, 0.3) is 0 Å². The SMILES string of the molecule is C=C/C=C\C=CC=CC=CCCCCCCCCCCCC. The molecule has 0 spiro atoms. The summed E-state index contributed by atoms with van der Waals surface area (Å²) in [6, 6.07) is 0. The number of allylic oxidation sites excluding steroid dienone is 9. The van der Waals surface area contributed by atoms with E-state index in [1.165, 1.54) is 70.6 Å². The van der Waals surface area contributed by atoms with Crippen LogP contribution in [0, 0.1) is 0 Å². The third-order valence-corrected chi connectivity index (χ3v) is 3.66. The Labute approximate surface area is 139 Å². The molecule has 0 nitrogen and oxygen atoms in total. The topological polar surface area (TPSA) is 0 Å². The predicted molar refractivity (Wildman–Crippen MR) is 103 cm³/mol. The molecule has 0 saturated carbocycles. The second-order valence-electron chi connectivity index (χ2n) is 5.79. The zero-order chi connectivity index (χ0) is 16.1. The van der Waals surface area contributed by atoms with Crippen LogP contribution in [0.3, 0.4) is 0 Å². The molecule has 0 aliphatic heterocycles. The van der Waals surface area contributed by atoms with Crippen LogP contribution in [0.1, 0.15) is 77.6 Å². The van der Waals surface area contributed by atoms with E-state index >= 15 is 0 Å². The maximum absolute atomic E-state index is 3.62. The lowest BCUT2D eigenvalue weighted by Gasteiger charge is -2.01. The van der Waals surface area contributed by atoms with Crippen molar-refractivity contribution in [3.05, 3.63) is 61.3 Å². The van der Waals surface area contributed by atoms with E-state index in [1.807, 2.05) is 24.3 Å². The number of hydrogen-bond donors (Lipinski definition) is 0. The minimum atomic E-state index is 1.21. The molecule has 0 atom stereocenters. The molecular formula is C22H36. The van der Waals surface area contributed by atoms with Crippen LogP contribution in [0.2, 0.25) is 0 Å². The first-order chi connectivity index (χ1) is 10.9. The van der Waals surface area contributed by atoms with E-state index in [2.05, 4.69) is 37.8 Å². The van der Waals surface area contributed by atoms with Crippen molar-refractivity contribution in [1.29, 1.82) is 0 Å². The van der Waals surface area contributed by atoms with Crippen LogP contribution >= 0.6 is 0 Å². The summed E-state index contributed by atoms with van der Waals surface area (Å²) in [5.41, 5.74) is 0. The average Bonchev–Trinajstić information content (AvgIpc) is 2.54. The van der Waals surface area contributed by atoms with Crippen molar-refractivity contribution in [3.63, 3.8) is 0 Å². The van der Waals surface area contributed by atoms with E-state index < -0.39 is 0 Å². The molecule has 0 radical (unpaired) electrons. The molecule has 0 bridgehead atoms. The standard InChI is InChI=1S/C22H36/c1-3-5-7-9-11-13-15-17-19-21-22-20-18-16-14-12-10-8-6-4-2/h3,5,7,9,11,13,15,17,19H,1,4,6,8,10,12,14,16,18,20-22H2,2H3/b7-5-,11-9?,15-13?,19-17?. The van der Waals surface area contributed by atoms with Gasteiger partial charge in [-0.3, -0.25) is 0 Å². The Morgan fingerprint density at radius 1 is 0.545 bits per heavy atom. The summed E-state index contributed by atoms with van der Waals surface area (Å²) in [7, 11) is 0. The van der Waals surface area contributed by atoms with E-state index in [4.69, 9.17) is 0 Å². The van der Waals surface area contributed by atoms with Gasteiger partial charge in [0.15, 0.2) is 0 Å². The highest BCUT2D eigenvalue weighted by Gasteiger charge is 1.91. The molecule has 0 N–H and O–H groups in total. The molecule has 0 aliphatic carbocycles. The zero-order valence-corrected chi connectivity index (χ0v) is 14.7. The van der Waals surface area contributed by atoms with Gasteiger partial charge in [0.05, 0.1) is 0 Å². The van der Waals surface area contributed by atoms with Crippen LogP contribution in [-0.4, -0.2) is 0 Å². The minimum Gasteiger partial charge on any atom is -0.0991 e. The molecule has 0 saturated heterocycles. The first-order valence-corrected chi connectivity index (χ1v) is 9.19. The molecule has 22 heavy (non-hydrogen) atoms. The lowest BCUT2D eigenvalue weighted by Crippen LogP contribution is -1.81. The zero-order valence-electron chi connectivity index (χ0n) is 14.7. The Bertz CT molecular complexity index is 328. The fourth-order valence-corrected chi connectivity index (χ4v) is 2.32. The molecule has 0 fully saturated rings. The van der Waals surface area contributed by atoms with Gasteiger partial charge in [0.25, 0.3) is 0 Å². The van der Waals surface area contributed by atoms with Crippen LogP contribution in [0.4, 0.5) is 0 Å². The largest absolute Gasteiger partial charge is 0.0991 e. The van der Waals surface area contributed by atoms with E-state index in [-0.39, 0.29) is 0 Å². The summed E-state index contributed by atoms with van der Waals surface area (Å²) >= 11 is 0. The predicted octanol–water partition coefficient (Wildman–Crippen LogP) is 7.71. The fraction of sp³-hybridized carbons (Fsp3) is 0.545. The molecule has 0 aliphatic rings. The summed E-state index contributed by atoms with van der Waals surface area (Å²) in [5.74, 6) is 0. The van der Waals surface area contributed by atoms with Crippen molar-refractivity contribution < 1.29 is 0 Å². The van der Waals surface area contributed by atoms with Gasteiger partial charge in [-0.1, -0.05) is 126 Å². The first kappa shape index (κ1) is 20.7. The Kier molecular flexibility index (Phi) is 18.5. The van der Waals surface area contributed by atoms with E-state index in [9.17, 15) is 0 Å². The Balaban J connectivity index is 3.26. The van der Waals surface area contributed by atoms with E-state index in [0.29, 0.717) is 0 Å². The summed E-state index contributed by atoms with van der Waals surface area (Å²) in [6.45, 7) is 5.91. The third kappa shape index (κ3) is 18.7. The van der Waals surface area contributed by atoms with Crippen LogP contribution in [0.15, 0.2) is 61.3 Å². The van der Waals surface area contributed by atoms with E-state index in [1.54, 1.807) is 6.08 Å². The second kappa shape index (κ2) is 19.7. The second-order valence-corrected chi connectivity index (χ2v) is 5.79. The van der Waals surface area contributed by atoms with Gasteiger partial charge in [-0.15, -0.1) is 0 Å². The first-order valence-electron chi connectivity index (χ1n) is 9.19. The van der Waals surface area contributed by atoms with E-state index in [0.717, 1.165) is 0 Å². The highest BCUT2D eigenvalue weighted by molar-refractivity contribution is 5.17. The monoisotopic (exact) mass is 300 g/mol. The van der Waals surface area contributed by atoms with Gasteiger partial charge in [0.2, 0.25) is 0 Å². The molecule has 124 valence electrons. The van der Waals surface area contributed by atoms with Crippen LogP contribution in [0.5, 0.6) is 0 Å². The molecule has 0 aromatic carbocycles. The quantitative estimate of drug-likeness (QED) is 0.214. The lowest BCUT2D eigenvalue weighted by molar-refractivity contribution is 0.557. The average molecular weight is 301 g/mol. The summed E-state index contributed by atoms with van der Waals surface area (Å²) < 4.78 is 0. The van der Waals surface area contributed by atoms with Gasteiger partial charge in [0.1, 0.15) is 0 Å². The molecule has 0 heterocycles. The van der Waals surface area contributed by atoms with Gasteiger partial charge in [-0.25, -0.2) is 0 Å². The highest BCUT2D eigenvalue weighted by Crippen LogP contribution is 2.11. The van der Waals surface area contributed by atoms with Crippen molar-refractivity contribution in [2.45, 2.75) is 77.6 Å². The minimum absolute atomic E-state index is 1.21. The van der Waals surface area contributed by atoms with Gasteiger partial charge in [0, 0.05) is 0 Å². The summed E-state index contributed by atoms with van der Waals surface area (Å²) in [4.78, 5) is 0. The molecule has 0 aromatic heterocycles. The molecule has 0 amide bonds. The van der Waals surface area contributed by atoms with Gasteiger partial charge >= 0.3 is 0 Å². The van der Waals surface area contributed by atoms with Crippen molar-refractivity contribution in [2.75, 3.05) is 0 Å². The summed E-state index contributed by atoms with van der Waals surface area (Å²) in [6.07, 6.45) is 33.6. The maximum Gasteiger partial charge on any atom is -0.0348 e.